The van der Waals surface area contributed by atoms with E-state index >= 15 is 0 Å². The van der Waals surface area contributed by atoms with E-state index in [2.05, 4.69) is 0 Å². The standard InChI is InChI=1S/C18H31O8P/c1-14(11-19)9-8-10-27(22,25-12-23-15(20)17(2,3)4)26-13-24-16(21)18(5,6)7/h9,11H,8,10,12-13H2,1-7H3/b14-9+. The molecule has 0 unspecified atom stereocenters. The zero-order valence-electron chi connectivity index (χ0n) is 17.2. The van der Waals surface area contributed by atoms with Gasteiger partial charge in [0.1, 0.15) is 6.29 Å². The molecule has 0 saturated carbocycles. The van der Waals surface area contributed by atoms with E-state index in [0.717, 1.165) is 0 Å². The molecule has 0 atom stereocenters. The Morgan fingerprint density at radius 2 is 1.30 bits per heavy atom. The van der Waals surface area contributed by atoms with Crippen molar-refractivity contribution < 1.29 is 37.5 Å². The summed E-state index contributed by atoms with van der Waals surface area (Å²) in [6.07, 6.45) is 2.41. The third kappa shape index (κ3) is 11.1. The van der Waals surface area contributed by atoms with Gasteiger partial charge in [-0.05, 0) is 60.5 Å². The molecule has 0 amide bonds. The summed E-state index contributed by atoms with van der Waals surface area (Å²) in [7, 11) is -3.72. The second-order valence-corrected chi connectivity index (χ2v) is 10.2. The Hall–Kier alpha value is -1.50. The molecular weight excluding hydrogens is 375 g/mol. The Morgan fingerprint density at radius 1 is 0.889 bits per heavy atom. The minimum Gasteiger partial charge on any atom is -0.438 e. The molecule has 0 aliphatic rings. The molecule has 0 heterocycles. The Bertz CT molecular complexity index is 559. The van der Waals surface area contributed by atoms with Crippen LogP contribution in [-0.4, -0.2) is 38.0 Å². The number of esters is 2. The van der Waals surface area contributed by atoms with Gasteiger partial charge in [-0.3, -0.25) is 28.0 Å². The predicted molar refractivity (Wildman–Crippen MR) is 99.9 cm³/mol. The van der Waals surface area contributed by atoms with Crippen molar-refractivity contribution in [3.63, 3.8) is 0 Å². The largest absolute Gasteiger partial charge is 0.438 e. The van der Waals surface area contributed by atoms with E-state index < -0.39 is 44.0 Å². The van der Waals surface area contributed by atoms with E-state index in [0.29, 0.717) is 11.9 Å². The zero-order valence-corrected chi connectivity index (χ0v) is 18.1. The van der Waals surface area contributed by atoms with Gasteiger partial charge in [-0.1, -0.05) is 6.08 Å². The lowest BCUT2D eigenvalue weighted by Crippen LogP contribution is -2.25. The second kappa shape index (κ2) is 10.7. The smallest absolute Gasteiger partial charge is 0.336 e. The summed E-state index contributed by atoms with van der Waals surface area (Å²) >= 11 is 0. The van der Waals surface area contributed by atoms with Gasteiger partial charge >= 0.3 is 19.5 Å². The molecule has 0 aliphatic heterocycles. The Kier molecular flexibility index (Phi) is 10.1. The molecule has 0 aliphatic carbocycles. The number of carbonyl (C=O) groups is 3. The average Bonchev–Trinajstić information content (AvgIpc) is 2.52. The lowest BCUT2D eigenvalue weighted by atomic mass is 9.98. The lowest BCUT2D eigenvalue weighted by molar-refractivity contribution is -0.162. The minimum atomic E-state index is -3.72. The quantitative estimate of drug-likeness (QED) is 0.177. The van der Waals surface area contributed by atoms with Crippen LogP contribution in [0.2, 0.25) is 0 Å². The maximum absolute atomic E-state index is 12.8. The molecule has 0 aromatic rings. The van der Waals surface area contributed by atoms with Crippen LogP contribution in [0.3, 0.4) is 0 Å². The van der Waals surface area contributed by atoms with Crippen LogP contribution in [0.15, 0.2) is 11.6 Å². The number of ether oxygens (including phenoxy) is 2. The van der Waals surface area contributed by atoms with Crippen LogP contribution in [0.5, 0.6) is 0 Å². The molecule has 0 spiro atoms. The van der Waals surface area contributed by atoms with E-state index in [1.807, 2.05) is 0 Å². The van der Waals surface area contributed by atoms with Crippen LogP contribution >= 0.6 is 7.60 Å². The third-order valence-electron chi connectivity index (χ3n) is 3.16. The summed E-state index contributed by atoms with van der Waals surface area (Å²) in [4.78, 5) is 34.1. The monoisotopic (exact) mass is 406 g/mol. The molecule has 0 radical (unpaired) electrons. The lowest BCUT2D eigenvalue weighted by Gasteiger charge is -2.21. The van der Waals surface area contributed by atoms with Crippen molar-refractivity contribution in [1.29, 1.82) is 0 Å². The van der Waals surface area contributed by atoms with Crippen molar-refractivity contribution >= 4 is 25.8 Å². The van der Waals surface area contributed by atoms with Crippen LogP contribution in [0.4, 0.5) is 0 Å². The Morgan fingerprint density at radius 3 is 1.63 bits per heavy atom. The highest BCUT2D eigenvalue weighted by Gasteiger charge is 2.29. The summed E-state index contributed by atoms with van der Waals surface area (Å²) in [5, 5.41) is 0. The SMILES string of the molecule is C/C(C=O)=C\CCP(=O)(OCOC(=O)C(C)(C)C)OCOC(=O)C(C)(C)C. The molecule has 0 N–H and O–H groups in total. The van der Waals surface area contributed by atoms with Crippen LogP contribution in [0.1, 0.15) is 54.9 Å². The summed E-state index contributed by atoms with van der Waals surface area (Å²) in [6, 6.07) is 0. The third-order valence-corrected chi connectivity index (χ3v) is 4.96. The highest BCUT2D eigenvalue weighted by molar-refractivity contribution is 7.53. The van der Waals surface area contributed by atoms with E-state index in [1.165, 1.54) is 0 Å². The van der Waals surface area contributed by atoms with Crippen molar-refractivity contribution in [2.45, 2.75) is 54.9 Å². The van der Waals surface area contributed by atoms with Gasteiger partial charge in [-0.15, -0.1) is 0 Å². The summed E-state index contributed by atoms with van der Waals surface area (Å²) in [5.41, 5.74) is -1.000. The van der Waals surface area contributed by atoms with Gasteiger partial charge in [0.25, 0.3) is 0 Å². The van der Waals surface area contributed by atoms with E-state index in [9.17, 15) is 18.9 Å². The molecule has 27 heavy (non-hydrogen) atoms. The van der Waals surface area contributed by atoms with Gasteiger partial charge in [0.15, 0.2) is 0 Å². The highest BCUT2D eigenvalue weighted by Crippen LogP contribution is 2.49. The molecule has 0 saturated heterocycles. The van der Waals surface area contributed by atoms with Gasteiger partial charge in [0, 0.05) is 0 Å². The first kappa shape index (κ1) is 25.5. The molecular formula is C18H31O8P. The number of hydrogen-bond donors (Lipinski definition) is 0. The number of aldehydes is 1. The summed E-state index contributed by atoms with van der Waals surface area (Å²) < 4.78 is 33.0. The van der Waals surface area contributed by atoms with Crippen molar-refractivity contribution in [2.24, 2.45) is 10.8 Å². The van der Waals surface area contributed by atoms with Crippen LogP contribution in [0, 0.1) is 10.8 Å². The van der Waals surface area contributed by atoms with Gasteiger partial charge in [0.2, 0.25) is 13.6 Å². The number of hydrogen-bond acceptors (Lipinski definition) is 8. The molecule has 8 nitrogen and oxygen atoms in total. The maximum Gasteiger partial charge on any atom is 0.336 e. The predicted octanol–water partition coefficient (Wildman–Crippen LogP) is 3.84. The molecule has 0 rings (SSSR count). The zero-order chi connectivity index (χ0) is 21.3. The first-order valence-corrected chi connectivity index (χ1v) is 10.3. The van der Waals surface area contributed by atoms with Crippen LogP contribution in [-0.2, 0) is 37.5 Å². The number of carbonyl (C=O) groups excluding carboxylic acids is 3. The van der Waals surface area contributed by atoms with Crippen molar-refractivity contribution in [3.8, 4) is 0 Å². The molecule has 0 bridgehead atoms. The summed E-state index contributed by atoms with van der Waals surface area (Å²) in [5.74, 6) is -1.05. The fraction of sp³-hybridized carbons (Fsp3) is 0.722. The molecule has 0 fully saturated rings. The average molecular weight is 406 g/mol. The van der Waals surface area contributed by atoms with Gasteiger partial charge < -0.3 is 9.47 Å². The Labute approximate surface area is 161 Å². The van der Waals surface area contributed by atoms with Crippen molar-refractivity contribution in [2.75, 3.05) is 19.7 Å². The highest BCUT2D eigenvalue weighted by atomic mass is 31.2. The van der Waals surface area contributed by atoms with Crippen LogP contribution in [0.25, 0.3) is 0 Å². The maximum atomic E-state index is 12.8. The minimum absolute atomic E-state index is 0.0711. The van der Waals surface area contributed by atoms with E-state index in [1.54, 1.807) is 54.5 Å². The number of rotatable bonds is 10. The normalized spacial score (nSPS) is 13.2. The molecule has 9 heteroatoms. The first-order chi connectivity index (χ1) is 12.2. The van der Waals surface area contributed by atoms with Gasteiger partial charge in [0.05, 0.1) is 17.0 Å². The second-order valence-electron chi connectivity index (χ2n) is 8.05. The topological polar surface area (TPSA) is 105 Å². The fourth-order valence-electron chi connectivity index (χ4n) is 1.42. The molecule has 0 aromatic heterocycles. The molecule has 156 valence electrons. The van der Waals surface area contributed by atoms with Crippen molar-refractivity contribution in [1.82, 2.24) is 0 Å². The Balaban J connectivity index is 4.84. The van der Waals surface area contributed by atoms with Gasteiger partial charge in [-0.25, -0.2) is 0 Å². The fourth-order valence-corrected chi connectivity index (χ4v) is 2.62. The van der Waals surface area contributed by atoms with E-state index in [4.69, 9.17) is 18.5 Å². The van der Waals surface area contributed by atoms with E-state index in [-0.39, 0.29) is 12.6 Å². The summed E-state index contributed by atoms with van der Waals surface area (Å²) in [6.45, 7) is 10.5. The first-order valence-electron chi connectivity index (χ1n) is 8.56. The van der Waals surface area contributed by atoms with Crippen molar-refractivity contribution in [3.05, 3.63) is 11.6 Å². The molecule has 0 aromatic carbocycles. The van der Waals surface area contributed by atoms with Crippen LogP contribution < -0.4 is 0 Å². The van der Waals surface area contributed by atoms with Gasteiger partial charge in [-0.2, -0.15) is 0 Å². The number of allylic oxidation sites excluding steroid dienone is 2.